The lowest BCUT2D eigenvalue weighted by Crippen LogP contribution is -2.51. The third-order valence-corrected chi connectivity index (χ3v) is 4.66. The van der Waals surface area contributed by atoms with E-state index in [2.05, 4.69) is 10.6 Å². The average molecular weight is 336 g/mol. The molecule has 0 aromatic heterocycles. The normalized spacial score (nSPS) is 20.5. The number of hydrogen-bond donors (Lipinski definition) is 2. The van der Waals surface area contributed by atoms with Crippen molar-refractivity contribution in [3.05, 3.63) is 29.8 Å². The van der Waals surface area contributed by atoms with Crippen molar-refractivity contribution in [1.29, 1.82) is 0 Å². The van der Waals surface area contributed by atoms with Crippen LogP contribution in [0.25, 0.3) is 0 Å². The summed E-state index contributed by atoms with van der Waals surface area (Å²) in [5, 5.41) is 4.89. The summed E-state index contributed by atoms with van der Waals surface area (Å²) in [5.74, 6) is -0.557. The standard InChI is InChI=1S/C16H20N2O4S/c1-3-22-16(21)12-9-23-13(15(20)18-12)8-14(19)17-11-6-4-10(2)5-7-11/h4-7,12-13H,3,8-9H2,1-2H3,(H,17,19)(H,18,20)/t12-,13+/m1/s1. The molecule has 1 aromatic rings. The molecule has 6 nitrogen and oxygen atoms in total. The van der Waals surface area contributed by atoms with Crippen molar-refractivity contribution in [1.82, 2.24) is 5.32 Å². The second-order valence-electron chi connectivity index (χ2n) is 5.25. The molecule has 0 saturated carbocycles. The van der Waals surface area contributed by atoms with E-state index in [4.69, 9.17) is 4.74 Å². The smallest absolute Gasteiger partial charge is 0.329 e. The summed E-state index contributed by atoms with van der Waals surface area (Å²) in [6.45, 7) is 3.96. The highest BCUT2D eigenvalue weighted by Gasteiger charge is 2.34. The highest BCUT2D eigenvalue weighted by atomic mass is 32.2. The second kappa shape index (κ2) is 8.01. The number of hydrogen-bond acceptors (Lipinski definition) is 5. The zero-order chi connectivity index (χ0) is 16.8. The van der Waals surface area contributed by atoms with Crippen molar-refractivity contribution < 1.29 is 19.1 Å². The SMILES string of the molecule is CCOC(=O)[C@H]1CS[C@@H](CC(=O)Nc2ccc(C)cc2)C(=O)N1. The number of rotatable bonds is 5. The molecule has 0 unspecified atom stereocenters. The van der Waals surface area contributed by atoms with E-state index in [9.17, 15) is 14.4 Å². The van der Waals surface area contributed by atoms with Crippen LogP contribution in [-0.2, 0) is 19.1 Å². The molecule has 2 atom stereocenters. The molecule has 0 aliphatic carbocycles. The van der Waals surface area contributed by atoms with Gasteiger partial charge >= 0.3 is 5.97 Å². The Morgan fingerprint density at radius 2 is 2.04 bits per heavy atom. The summed E-state index contributed by atoms with van der Waals surface area (Å²) in [5.41, 5.74) is 1.81. The van der Waals surface area contributed by atoms with Crippen LogP contribution in [0, 0.1) is 6.92 Å². The van der Waals surface area contributed by atoms with Crippen LogP contribution in [0.2, 0.25) is 0 Å². The number of aryl methyl sites for hydroxylation is 1. The van der Waals surface area contributed by atoms with Crippen molar-refractivity contribution in [2.45, 2.75) is 31.6 Å². The number of carbonyl (C=O) groups is 3. The molecule has 1 aliphatic rings. The molecule has 0 spiro atoms. The van der Waals surface area contributed by atoms with E-state index in [1.807, 2.05) is 31.2 Å². The predicted molar refractivity (Wildman–Crippen MR) is 89.2 cm³/mol. The molecule has 124 valence electrons. The minimum Gasteiger partial charge on any atom is -0.464 e. The Hall–Kier alpha value is -2.02. The Morgan fingerprint density at radius 1 is 1.35 bits per heavy atom. The van der Waals surface area contributed by atoms with Gasteiger partial charge in [0.25, 0.3) is 0 Å². The van der Waals surface area contributed by atoms with Crippen molar-refractivity contribution in [2.75, 3.05) is 17.7 Å². The molecule has 1 fully saturated rings. The number of esters is 1. The van der Waals surface area contributed by atoms with Gasteiger partial charge < -0.3 is 15.4 Å². The maximum Gasteiger partial charge on any atom is 0.329 e. The number of ether oxygens (including phenoxy) is 1. The average Bonchev–Trinajstić information content (AvgIpc) is 2.52. The van der Waals surface area contributed by atoms with E-state index in [0.29, 0.717) is 11.4 Å². The maximum absolute atomic E-state index is 12.0. The number of thioether (sulfide) groups is 1. The summed E-state index contributed by atoms with van der Waals surface area (Å²) < 4.78 is 4.89. The number of nitrogens with one attached hydrogen (secondary N) is 2. The molecular weight excluding hydrogens is 316 g/mol. The second-order valence-corrected chi connectivity index (χ2v) is 6.49. The van der Waals surface area contributed by atoms with E-state index < -0.39 is 17.3 Å². The van der Waals surface area contributed by atoms with E-state index >= 15 is 0 Å². The molecule has 1 saturated heterocycles. The molecule has 7 heteroatoms. The Labute approximate surface area is 139 Å². The van der Waals surface area contributed by atoms with Crippen LogP contribution in [-0.4, -0.2) is 41.4 Å². The first-order chi connectivity index (χ1) is 11.0. The summed E-state index contributed by atoms with van der Waals surface area (Å²) in [4.78, 5) is 35.7. The zero-order valence-corrected chi connectivity index (χ0v) is 13.9. The van der Waals surface area contributed by atoms with Gasteiger partial charge in [-0.05, 0) is 26.0 Å². The molecular formula is C16H20N2O4S. The first kappa shape index (κ1) is 17.3. The van der Waals surface area contributed by atoms with Crippen molar-refractivity contribution in [2.24, 2.45) is 0 Å². The van der Waals surface area contributed by atoms with Crippen LogP contribution in [0.3, 0.4) is 0 Å². The van der Waals surface area contributed by atoms with Crippen LogP contribution in [0.4, 0.5) is 5.69 Å². The fourth-order valence-corrected chi connectivity index (χ4v) is 3.27. The zero-order valence-electron chi connectivity index (χ0n) is 13.1. The topological polar surface area (TPSA) is 84.5 Å². The van der Waals surface area contributed by atoms with Crippen LogP contribution in [0.15, 0.2) is 24.3 Å². The summed E-state index contributed by atoms with van der Waals surface area (Å²) >= 11 is 1.30. The van der Waals surface area contributed by atoms with Gasteiger partial charge in [0.2, 0.25) is 11.8 Å². The monoisotopic (exact) mass is 336 g/mol. The third-order valence-electron chi connectivity index (χ3n) is 3.35. The number of amides is 2. The minimum atomic E-state index is -0.635. The molecule has 1 aromatic carbocycles. The molecule has 23 heavy (non-hydrogen) atoms. The van der Waals surface area contributed by atoms with E-state index in [-0.39, 0.29) is 24.8 Å². The Bertz CT molecular complexity index is 588. The fraction of sp³-hybridized carbons (Fsp3) is 0.438. The quantitative estimate of drug-likeness (QED) is 0.796. The fourth-order valence-electron chi connectivity index (χ4n) is 2.13. The van der Waals surface area contributed by atoms with E-state index in [1.54, 1.807) is 6.92 Å². The van der Waals surface area contributed by atoms with Crippen LogP contribution < -0.4 is 10.6 Å². The lowest BCUT2D eigenvalue weighted by atomic mass is 10.2. The summed E-state index contributed by atoms with van der Waals surface area (Å²) in [6, 6.07) is 6.81. The number of benzene rings is 1. The Kier molecular flexibility index (Phi) is 6.04. The van der Waals surface area contributed by atoms with Crippen molar-refractivity contribution in [3.63, 3.8) is 0 Å². The molecule has 0 radical (unpaired) electrons. The predicted octanol–water partition coefficient (Wildman–Crippen LogP) is 1.49. The molecule has 2 amide bonds. The molecule has 1 heterocycles. The largest absolute Gasteiger partial charge is 0.464 e. The van der Waals surface area contributed by atoms with Gasteiger partial charge in [0.05, 0.1) is 11.9 Å². The highest BCUT2D eigenvalue weighted by Crippen LogP contribution is 2.22. The molecule has 2 rings (SSSR count). The Morgan fingerprint density at radius 3 is 2.65 bits per heavy atom. The summed E-state index contributed by atoms with van der Waals surface area (Å²) in [7, 11) is 0. The lowest BCUT2D eigenvalue weighted by molar-refractivity contribution is -0.146. The van der Waals surface area contributed by atoms with Gasteiger partial charge in [-0.15, -0.1) is 11.8 Å². The maximum atomic E-state index is 12.0. The van der Waals surface area contributed by atoms with Crippen LogP contribution >= 0.6 is 11.8 Å². The number of anilines is 1. The third kappa shape index (κ3) is 4.99. The van der Waals surface area contributed by atoms with Gasteiger partial charge in [-0.2, -0.15) is 0 Å². The van der Waals surface area contributed by atoms with Crippen LogP contribution in [0.5, 0.6) is 0 Å². The Balaban J connectivity index is 1.84. The first-order valence-electron chi connectivity index (χ1n) is 7.44. The van der Waals surface area contributed by atoms with Gasteiger partial charge in [0.1, 0.15) is 6.04 Å². The van der Waals surface area contributed by atoms with Crippen molar-refractivity contribution in [3.8, 4) is 0 Å². The molecule has 1 aliphatic heterocycles. The summed E-state index contributed by atoms with van der Waals surface area (Å²) in [6.07, 6.45) is 0.0694. The van der Waals surface area contributed by atoms with Gasteiger partial charge in [-0.1, -0.05) is 17.7 Å². The van der Waals surface area contributed by atoms with Gasteiger partial charge in [0.15, 0.2) is 0 Å². The van der Waals surface area contributed by atoms with Gasteiger partial charge in [-0.25, -0.2) is 4.79 Å². The van der Waals surface area contributed by atoms with E-state index in [0.717, 1.165) is 5.56 Å². The first-order valence-corrected chi connectivity index (χ1v) is 8.49. The lowest BCUT2D eigenvalue weighted by Gasteiger charge is -2.27. The highest BCUT2D eigenvalue weighted by molar-refractivity contribution is 8.00. The number of carbonyl (C=O) groups excluding carboxylic acids is 3. The van der Waals surface area contributed by atoms with Gasteiger partial charge in [-0.3, -0.25) is 9.59 Å². The van der Waals surface area contributed by atoms with Crippen LogP contribution in [0.1, 0.15) is 18.9 Å². The molecule has 0 bridgehead atoms. The van der Waals surface area contributed by atoms with E-state index in [1.165, 1.54) is 11.8 Å². The van der Waals surface area contributed by atoms with Crippen molar-refractivity contribution >= 4 is 35.2 Å². The van der Waals surface area contributed by atoms with Gasteiger partial charge in [0, 0.05) is 17.9 Å². The minimum absolute atomic E-state index is 0.0694. The molecule has 2 N–H and O–H groups in total.